The number of benzene rings is 2. The lowest BCUT2D eigenvalue weighted by molar-refractivity contribution is -0.120. The zero-order valence-electron chi connectivity index (χ0n) is 15.4. The summed E-state index contributed by atoms with van der Waals surface area (Å²) in [6, 6.07) is 14.2. The Morgan fingerprint density at radius 3 is 2.44 bits per heavy atom. The molecule has 1 N–H and O–H groups in total. The predicted octanol–water partition coefficient (Wildman–Crippen LogP) is 4.80. The highest BCUT2D eigenvalue weighted by atomic mass is 19.1. The van der Waals surface area contributed by atoms with Crippen LogP contribution in [0, 0.1) is 5.82 Å². The Morgan fingerprint density at radius 2 is 1.76 bits per heavy atom. The van der Waals surface area contributed by atoms with Crippen LogP contribution in [-0.2, 0) is 11.3 Å². The van der Waals surface area contributed by atoms with Crippen molar-refractivity contribution < 1.29 is 9.18 Å². The van der Waals surface area contributed by atoms with Crippen LogP contribution in [0.5, 0.6) is 0 Å². The van der Waals surface area contributed by atoms with E-state index in [1.807, 2.05) is 37.1 Å². The quantitative estimate of drug-likeness (QED) is 0.784. The van der Waals surface area contributed by atoms with Gasteiger partial charge in [0, 0.05) is 17.8 Å². The van der Waals surface area contributed by atoms with Crippen LogP contribution in [0.2, 0.25) is 0 Å². The lowest BCUT2D eigenvalue weighted by atomic mass is 9.97. The number of likely N-dealkylation sites (N-methyl/N-ethyl adjacent to an activating group) is 1. The second-order valence-electron chi connectivity index (χ2n) is 6.57. The van der Waals surface area contributed by atoms with Gasteiger partial charge < -0.3 is 5.32 Å². The number of nitrogens with zero attached hydrogens (tertiary/aromatic N) is 1. The highest BCUT2D eigenvalue weighted by molar-refractivity contribution is 5.95. The number of rotatable bonds is 7. The third kappa shape index (κ3) is 4.89. The van der Waals surface area contributed by atoms with Gasteiger partial charge in [-0.1, -0.05) is 50.2 Å². The van der Waals surface area contributed by atoms with Crippen molar-refractivity contribution in [3.05, 3.63) is 65.5 Å². The van der Waals surface area contributed by atoms with Crippen LogP contribution < -0.4 is 5.32 Å². The maximum absolute atomic E-state index is 13.8. The molecular weight excluding hydrogens is 315 g/mol. The van der Waals surface area contributed by atoms with Crippen LogP contribution >= 0.6 is 0 Å². The maximum Gasteiger partial charge on any atom is 0.241 e. The lowest BCUT2D eigenvalue weighted by Gasteiger charge is -2.25. The molecule has 0 saturated heterocycles. The van der Waals surface area contributed by atoms with Crippen molar-refractivity contribution in [3.63, 3.8) is 0 Å². The van der Waals surface area contributed by atoms with Crippen LogP contribution in [-0.4, -0.2) is 23.9 Å². The van der Waals surface area contributed by atoms with Crippen molar-refractivity contribution in [1.82, 2.24) is 4.90 Å². The Morgan fingerprint density at radius 1 is 1.12 bits per heavy atom. The second kappa shape index (κ2) is 8.77. The minimum atomic E-state index is -0.371. The number of para-hydroxylation sites is 1. The van der Waals surface area contributed by atoms with Gasteiger partial charge in [-0.05, 0) is 44.0 Å². The first-order valence-corrected chi connectivity index (χ1v) is 8.77. The monoisotopic (exact) mass is 342 g/mol. The Hall–Kier alpha value is -2.20. The van der Waals surface area contributed by atoms with Gasteiger partial charge in [0.2, 0.25) is 5.91 Å². The molecule has 0 aliphatic carbocycles. The summed E-state index contributed by atoms with van der Waals surface area (Å²) < 4.78 is 13.8. The smallest absolute Gasteiger partial charge is 0.241 e. The van der Waals surface area contributed by atoms with Gasteiger partial charge in [-0.15, -0.1) is 0 Å². The normalized spacial score (nSPS) is 13.5. The van der Waals surface area contributed by atoms with E-state index < -0.39 is 0 Å². The molecule has 2 aromatic carbocycles. The molecule has 0 radical (unpaired) electrons. The van der Waals surface area contributed by atoms with Gasteiger partial charge in [0.1, 0.15) is 5.82 Å². The van der Waals surface area contributed by atoms with E-state index in [1.165, 1.54) is 6.07 Å². The van der Waals surface area contributed by atoms with E-state index in [4.69, 9.17) is 0 Å². The van der Waals surface area contributed by atoms with Gasteiger partial charge >= 0.3 is 0 Å². The van der Waals surface area contributed by atoms with Gasteiger partial charge in [-0.2, -0.15) is 0 Å². The Kier molecular flexibility index (Phi) is 6.71. The van der Waals surface area contributed by atoms with E-state index in [-0.39, 0.29) is 17.8 Å². The topological polar surface area (TPSA) is 32.3 Å². The summed E-state index contributed by atoms with van der Waals surface area (Å²) in [5.41, 5.74) is 2.58. The molecule has 0 aliphatic rings. The summed E-state index contributed by atoms with van der Waals surface area (Å²) in [5.74, 6) is 0.0432. The molecule has 0 aliphatic heterocycles. The number of nitrogens with one attached hydrogen (secondary N) is 1. The van der Waals surface area contributed by atoms with E-state index in [2.05, 4.69) is 25.2 Å². The van der Waals surface area contributed by atoms with E-state index in [1.54, 1.807) is 18.2 Å². The maximum atomic E-state index is 13.8. The molecule has 25 heavy (non-hydrogen) atoms. The van der Waals surface area contributed by atoms with E-state index in [0.717, 1.165) is 17.7 Å². The van der Waals surface area contributed by atoms with Gasteiger partial charge in [0.15, 0.2) is 0 Å². The van der Waals surface area contributed by atoms with Gasteiger partial charge in [-0.25, -0.2) is 4.39 Å². The SMILES string of the molecule is CC[C@H](C)c1ccccc1NC(=O)[C@@H](C)N(C)Cc1ccccc1F. The Labute approximate surface area is 149 Å². The number of amides is 1. The highest BCUT2D eigenvalue weighted by Crippen LogP contribution is 2.26. The molecule has 134 valence electrons. The largest absolute Gasteiger partial charge is 0.324 e. The van der Waals surface area contributed by atoms with Crippen LogP contribution in [0.1, 0.15) is 44.2 Å². The molecular formula is C21H27FN2O. The first-order chi connectivity index (χ1) is 11.9. The molecule has 0 saturated carbocycles. The van der Waals surface area contributed by atoms with Crippen LogP contribution in [0.25, 0.3) is 0 Å². The Balaban J connectivity index is 2.07. The van der Waals surface area contributed by atoms with Gasteiger partial charge in [0.05, 0.1) is 6.04 Å². The van der Waals surface area contributed by atoms with Crippen LogP contribution in [0.3, 0.4) is 0 Å². The lowest BCUT2D eigenvalue weighted by Crippen LogP contribution is -2.39. The number of hydrogen-bond acceptors (Lipinski definition) is 2. The van der Waals surface area contributed by atoms with E-state index in [0.29, 0.717) is 18.0 Å². The van der Waals surface area contributed by atoms with Gasteiger partial charge in [-0.3, -0.25) is 9.69 Å². The van der Waals surface area contributed by atoms with Gasteiger partial charge in [0.25, 0.3) is 0 Å². The van der Waals surface area contributed by atoms with E-state index >= 15 is 0 Å². The predicted molar refractivity (Wildman–Crippen MR) is 101 cm³/mol. The number of carbonyl (C=O) groups is 1. The van der Waals surface area contributed by atoms with Crippen molar-refractivity contribution in [2.75, 3.05) is 12.4 Å². The van der Waals surface area contributed by atoms with Crippen molar-refractivity contribution in [1.29, 1.82) is 0 Å². The molecule has 0 bridgehead atoms. The molecule has 0 unspecified atom stereocenters. The second-order valence-corrected chi connectivity index (χ2v) is 6.57. The minimum absolute atomic E-state index is 0.0883. The molecule has 3 nitrogen and oxygen atoms in total. The molecule has 2 aromatic rings. The first-order valence-electron chi connectivity index (χ1n) is 8.77. The van der Waals surface area contributed by atoms with Crippen molar-refractivity contribution in [3.8, 4) is 0 Å². The Bertz CT molecular complexity index is 717. The first kappa shape index (κ1) is 19.1. The summed E-state index contributed by atoms with van der Waals surface area (Å²) in [7, 11) is 1.83. The molecule has 0 fully saturated rings. The summed E-state index contributed by atoms with van der Waals surface area (Å²) in [5, 5.41) is 3.03. The van der Waals surface area contributed by atoms with Crippen LogP contribution in [0.15, 0.2) is 48.5 Å². The molecule has 0 spiro atoms. The third-order valence-electron chi connectivity index (χ3n) is 4.78. The summed E-state index contributed by atoms with van der Waals surface area (Å²) in [6.07, 6.45) is 1.01. The zero-order valence-corrected chi connectivity index (χ0v) is 15.4. The minimum Gasteiger partial charge on any atom is -0.324 e. The molecule has 0 aromatic heterocycles. The molecule has 0 heterocycles. The number of hydrogen-bond donors (Lipinski definition) is 1. The number of halogens is 1. The molecule has 2 rings (SSSR count). The average Bonchev–Trinajstić information content (AvgIpc) is 2.62. The third-order valence-corrected chi connectivity index (χ3v) is 4.78. The van der Waals surface area contributed by atoms with Crippen molar-refractivity contribution in [2.45, 2.75) is 45.7 Å². The van der Waals surface area contributed by atoms with Crippen molar-refractivity contribution in [2.24, 2.45) is 0 Å². The summed E-state index contributed by atoms with van der Waals surface area (Å²) in [4.78, 5) is 14.5. The molecule has 4 heteroatoms. The standard InChI is InChI=1S/C21H27FN2O/c1-5-15(2)18-11-7-9-13-20(18)23-21(25)16(3)24(4)14-17-10-6-8-12-19(17)22/h6-13,15-16H,5,14H2,1-4H3,(H,23,25)/t15-,16+/m0/s1. The van der Waals surface area contributed by atoms with Crippen LogP contribution in [0.4, 0.5) is 10.1 Å². The summed E-state index contributed by atoms with van der Waals surface area (Å²) >= 11 is 0. The number of carbonyl (C=O) groups excluding carboxylic acids is 1. The fourth-order valence-electron chi connectivity index (χ4n) is 2.73. The fraction of sp³-hybridized carbons (Fsp3) is 0.381. The summed E-state index contributed by atoms with van der Waals surface area (Å²) in [6.45, 7) is 6.50. The zero-order chi connectivity index (χ0) is 18.4. The van der Waals surface area contributed by atoms with E-state index in [9.17, 15) is 9.18 Å². The molecule has 2 atom stereocenters. The average molecular weight is 342 g/mol. The van der Waals surface area contributed by atoms with Crippen molar-refractivity contribution >= 4 is 11.6 Å². The fourth-order valence-corrected chi connectivity index (χ4v) is 2.73. The number of anilines is 1. The highest BCUT2D eigenvalue weighted by Gasteiger charge is 2.20. The molecule has 1 amide bonds.